The lowest BCUT2D eigenvalue weighted by atomic mass is 10.1. The van der Waals surface area contributed by atoms with Crippen molar-refractivity contribution in [1.82, 2.24) is 5.32 Å². The van der Waals surface area contributed by atoms with E-state index in [1.54, 1.807) is 18.9 Å². The summed E-state index contributed by atoms with van der Waals surface area (Å²) in [5, 5.41) is 3.59. The molecule has 130 valence electrons. The lowest BCUT2D eigenvalue weighted by molar-refractivity contribution is 0.0596. The van der Waals surface area contributed by atoms with Gasteiger partial charge in [0.15, 0.2) is 0 Å². The van der Waals surface area contributed by atoms with Crippen LogP contribution in [0.4, 0.5) is 0 Å². The van der Waals surface area contributed by atoms with Gasteiger partial charge in [0, 0.05) is 23.2 Å². The molecule has 1 heterocycles. The van der Waals surface area contributed by atoms with Gasteiger partial charge in [-0.2, -0.15) is 0 Å². The fourth-order valence-corrected chi connectivity index (χ4v) is 3.64. The van der Waals surface area contributed by atoms with E-state index in [2.05, 4.69) is 12.2 Å². The first-order chi connectivity index (χ1) is 11.2. The second-order valence-corrected chi connectivity index (χ2v) is 6.24. The lowest BCUT2D eigenvalue weighted by Gasteiger charge is -2.14. The molecule has 0 aromatic heterocycles. The molecular weight excluding hydrogens is 310 g/mol. The molecule has 0 saturated heterocycles. The Balaban J connectivity index is 0.00000127. The third kappa shape index (κ3) is 5.43. The molecule has 1 N–H and O–H groups in total. The smallest absolute Gasteiger partial charge is 0.341 e. The molecule has 0 fully saturated rings. The van der Waals surface area contributed by atoms with Gasteiger partial charge in [0.2, 0.25) is 0 Å². The molecule has 1 aromatic carbocycles. The molecule has 1 aliphatic rings. The molecule has 0 aliphatic carbocycles. The highest BCUT2D eigenvalue weighted by Crippen LogP contribution is 2.33. The second kappa shape index (κ2) is 10.6. The molecule has 2 rings (SSSR count). The van der Waals surface area contributed by atoms with Crippen LogP contribution in [-0.4, -0.2) is 32.0 Å². The average Bonchev–Trinajstić information content (AvgIpc) is 2.81. The van der Waals surface area contributed by atoms with Crippen LogP contribution in [0, 0.1) is 0 Å². The normalized spacial score (nSPS) is 16.5. The largest absolute Gasteiger partial charge is 0.496 e. The molecule has 0 radical (unpaired) electrons. The SMILES string of the molecule is CC.CCCCC1CSc2cc(C(=O)OC)c(OC)cc2CN1. The molecular formula is C18H29NO3S. The summed E-state index contributed by atoms with van der Waals surface area (Å²) in [5.41, 5.74) is 1.68. The molecule has 0 bridgehead atoms. The minimum Gasteiger partial charge on any atom is -0.496 e. The van der Waals surface area contributed by atoms with Crippen molar-refractivity contribution in [2.45, 2.75) is 57.5 Å². The maximum Gasteiger partial charge on any atom is 0.341 e. The Morgan fingerprint density at radius 1 is 1.35 bits per heavy atom. The zero-order valence-electron chi connectivity index (χ0n) is 14.9. The van der Waals surface area contributed by atoms with Crippen molar-refractivity contribution in [3.63, 3.8) is 0 Å². The molecule has 1 atom stereocenters. The van der Waals surface area contributed by atoms with Crippen molar-refractivity contribution in [2.75, 3.05) is 20.0 Å². The molecule has 23 heavy (non-hydrogen) atoms. The Kier molecular flexibility index (Phi) is 9.10. The number of hydrogen-bond donors (Lipinski definition) is 1. The van der Waals surface area contributed by atoms with E-state index in [1.807, 2.05) is 26.0 Å². The van der Waals surface area contributed by atoms with E-state index in [-0.39, 0.29) is 5.97 Å². The molecule has 4 nitrogen and oxygen atoms in total. The minimum absolute atomic E-state index is 0.352. The van der Waals surface area contributed by atoms with Crippen molar-refractivity contribution in [1.29, 1.82) is 0 Å². The van der Waals surface area contributed by atoms with E-state index in [1.165, 1.54) is 31.9 Å². The van der Waals surface area contributed by atoms with Crippen LogP contribution in [0.2, 0.25) is 0 Å². The van der Waals surface area contributed by atoms with E-state index in [0.717, 1.165) is 17.2 Å². The van der Waals surface area contributed by atoms with Gasteiger partial charge in [-0.3, -0.25) is 0 Å². The molecule has 1 unspecified atom stereocenters. The van der Waals surface area contributed by atoms with Crippen molar-refractivity contribution >= 4 is 17.7 Å². The lowest BCUT2D eigenvalue weighted by Crippen LogP contribution is -2.29. The van der Waals surface area contributed by atoms with Crippen LogP contribution in [0.25, 0.3) is 0 Å². The Morgan fingerprint density at radius 3 is 2.70 bits per heavy atom. The van der Waals surface area contributed by atoms with Gasteiger partial charge in [-0.1, -0.05) is 33.6 Å². The number of fused-ring (bicyclic) bond motifs is 1. The standard InChI is InChI=1S/C16H23NO3S.C2H6/c1-4-5-6-12-10-21-15-8-13(16(18)20-3)14(19-2)7-11(15)9-17-12;1-2/h7-8,12,17H,4-6,9-10H2,1-3H3;1-2H3. The molecule has 1 aromatic rings. The number of carbonyl (C=O) groups excluding carboxylic acids is 1. The third-order valence-corrected chi connectivity index (χ3v) is 4.98. The summed E-state index contributed by atoms with van der Waals surface area (Å²) >= 11 is 1.80. The number of carbonyl (C=O) groups is 1. The summed E-state index contributed by atoms with van der Waals surface area (Å²) in [6, 6.07) is 4.37. The zero-order chi connectivity index (χ0) is 17.2. The highest BCUT2D eigenvalue weighted by Gasteiger charge is 2.21. The Hall–Kier alpha value is -1.20. The van der Waals surface area contributed by atoms with E-state index in [0.29, 0.717) is 17.4 Å². The number of nitrogens with one attached hydrogen (secondary N) is 1. The van der Waals surface area contributed by atoms with Gasteiger partial charge in [0.25, 0.3) is 0 Å². The first-order valence-corrected chi connectivity index (χ1v) is 9.33. The summed E-state index contributed by atoms with van der Waals surface area (Å²) in [6.45, 7) is 7.03. The van der Waals surface area contributed by atoms with Crippen molar-refractivity contribution < 1.29 is 14.3 Å². The van der Waals surface area contributed by atoms with Crippen molar-refractivity contribution in [3.05, 3.63) is 23.3 Å². The first-order valence-electron chi connectivity index (χ1n) is 8.35. The maximum atomic E-state index is 11.8. The van der Waals surface area contributed by atoms with Gasteiger partial charge < -0.3 is 14.8 Å². The van der Waals surface area contributed by atoms with E-state index >= 15 is 0 Å². The van der Waals surface area contributed by atoms with Gasteiger partial charge >= 0.3 is 5.97 Å². The fourth-order valence-electron chi connectivity index (χ4n) is 2.45. The van der Waals surface area contributed by atoms with Crippen LogP contribution in [0.3, 0.4) is 0 Å². The molecule has 1 aliphatic heterocycles. The Bertz CT molecular complexity index is 505. The number of methoxy groups -OCH3 is 2. The molecule has 0 spiro atoms. The monoisotopic (exact) mass is 339 g/mol. The van der Waals surface area contributed by atoms with Crippen LogP contribution >= 0.6 is 11.8 Å². The molecule has 5 heteroatoms. The minimum atomic E-state index is -0.352. The van der Waals surface area contributed by atoms with Crippen LogP contribution in [0.1, 0.15) is 56.0 Å². The number of ether oxygens (including phenoxy) is 2. The number of rotatable bonds is 5. The quantitative estimate of drug-likeness (QED) is 0.812. The summed E-state index contributed by atoms with van der Waals surface area (Å²) in [6.07, 6.45) is 3.65. The van der Waals surface area contributed by atoms with Gasteiger partial charge in [-0.15, -0.1) is 11.8 Å². The van der Waals surface area contributed by atoms with E-state index < -0.39 is 0 Å². The molecule has 0 saturated carbocycles. The summed E-state index contributed by atoms with van der Waals surface area (Å²) in [4.78, 5) is 13.0. The number of benzene rings is 1. The van der Waals surface area contributed by atoms with Crippen LogP contribution in [-0.2, 0) is 11.3 Å². The number of unbranched alkanes of at least 4 members (excludes halogenated alkanes) is 1. The topological polar surface area (TPSA) is 47.6 Å². The predicted octanol–water partition coefficient (Wildman–Crippen LogP) is 4.26. The van der Waals surface area contributed by atoms with Gasteiger partial charge in [-0.05, 0) is 24.1 Å². The predicted molar refractivity (Wildman–Crippen MR) is 96.6 cm³/mol. The average molecular weight is 340 g/mol. The number of hydrogen-bond acceptors (Lipinski definition) is 5. The van der Waals surface area contributed by atoms with Crippen molar-refractivity contribution in [3.8, 4) is 5.75 Å². The van der Waals surface area contributed by atoms with Gasteiger partial charge in [-0.25, -0.2) is 4.79 Å². The second-order valence-electron chi connectivity index (χ2n) is 5.18. The molecule has 0 amide bonds. The van der Waals surface area contributed by atoms with Crippen molar-refractivity contribution in [2.24, 2.45) is 0 Å². The van der Waals surface area contributed by atoms with Crippen LogP contribution in [0.5, 0.6) is 5.75 Å². The van der Waals surface area contributed by atoms with E-state index in [4.69, 9.17) is 9.47 Å². The summed E-state index contributed by atoms with van der Waals surface area (Å²) in [5.74, 6) is 1.25. The maximum absolute atomic E-state index is 11.8. The zero-order valence-corrected chi connectivity index (χ0v) is 15.7. The van der Waals surface area contributed by atoms with Gasteiger partial charge in [0.1, 0.15) is 11.3 Å². The van der Waals surface area contributed by atoms with Gasteiger partial charge in [0.05, 0.1) is 14.2 Å². The highest BCUT2D eigenvalue weighted by atomic mass is 32.2. The highest BCUT2D eigenvalue weighted by molar-refractivity contribution is 7.99. The first kappa shape index (κ1) is 19.8. The Labute approximate surface area is 144 Å². The Morgan fingerprint density at radius 2 is 2.09 bits per heavy atom. The fraction of sp³-hybridized carbons (Fsp3) is 0.611. The summed E-state index contributed by atoms with van der Waals surface area (Å²) in [7, 11) is 2.97. The third-order valence-electron chi connectivity index (χ3n) is 3.72. The summed E-state index contributed by atoms with van der Waals surface area (Å²) < 4.78 is 10.2. The number of esters is 1. The van der Waals surface area contributed by atoms with Crippen LogP contribution < -0.4 is 10.1 Å². The van der Waals surface area contributed by atoms with Crippen LogP contribution in [0.15, 0.2) is 17.0 Å². The van der Waals surface area contributed by atoms with E-state index in [9.17, 15) is 4.79 Å². The number of thioether (sulfide) groups is 1.